The predicted molar refractivity (Wildman–Crippen MR) is 127 cm³/mol. The van der Waals surface area contributed by atoms with Gasteiger partial charge in [0, 0.05) is 29.8 Å². The fourth-order valence-corrected chi connectivity index (χ4v) is 3.35. The lowest BCUT2D eigenvalue weighted by molar-refractivity contribution is 0.0525. The number of nitrogens with two attached hydrogens (primary N) is 1. The van der Waals surface area contributed by atoms with Gasteiger partial charge in [-0.25, -0.2) is 4.79 Å². The number of aliphatic hydroxyl groups is 2. The number of amides is 2. The maximum Gasteiger partial charge on any atom is 0.319 e. The summed E-state index contributed by atoms with van der Waals surface area (Å²) < 4.78 is 17.1. The van der Waals surface area contributed by atoms with Gasteiger partial charge in [0.25, 0.3) is 0 Å². The van der Waals surface area contributed by atoms with E-state index in [2.05, 4.69) is 15.6 Å². The third-order valence-corrected chi connectivity index (χ3v) is 5.29. The Morgan fingerprint density at radius 1 is 1.18 bits per heavy atom. The summed E-state index contributed by atoms with van der Waals surface area (Å²) in [4.78, 5) is 16.3. The van der Waals surface area contributed by atoms with Crippen LogP contribution in [0.2, 0.25) is 5.02 Å². The monoisotopic (exact) mass is 488 g/mol. The van der Waals surface area contributed by atoms with Gasteiger partial charge in [-0.1, -0.05) is 11.6 Å². The van der Waals surface area contributed by atoms with Gasteiger partial charge in [0.15, 0.2) is 11.5 Å². The number of aliphatic hydroxyl groups excluding tert-OH is 2. The van der Waals surface area contributed by atoms with Crippen LogP contribution in [-0.2, 0) is 0 Å². The van der Waals surface area contributed by atoms with Gasteiger partial charge in [0.05, 0.1) is 22.8 Å². The number of ether oxygens (including phenoxy) is 3. The second-order valence-corrected chi connectivity index (χ2v) is 8.11. The van der Waals surface area contributed by atoms with Gasteiger partial charge in [-0.3, -0.25) is 10.7 Å². The van der Waals surface area contributed by atoms with E-state index < -0.39 is 12.7 Å². The number of benzene rings is 2. The molecule has 2 aromatic carbocycles. The quantitative estimate of drug-likeness (QED) is 0.273. The van der Waals surface area contributed by atoms with Crippen molar-refractivity contribution in [1.82, 2.24) is 10.3 Å². The van der Waals surface area contributed by atoms with Gasteiger partial charge in [0.1, 0.15) is 30.9 Å². The molecule has 2 amide bonds. The lowest BCUT2D eigenvalue weighted by atomic mass is 10.1. The Labute approximate surface area is 200 Å². The fourth-order valence-electron chi connectivity index (χ4n) is 3.13. The molecule has 1 heterocycles. The van der Waals surface area contributed by atoms with E-state index in [0.29, 0.717) is 44.6 Å². The van der Waals surface area contributed by atoms with Gasteiger partial charge in [-0.15, -0.1) is 0 Å². The van der Waals surface area contributed by atoms with Gasteiger partial charge in [-0.2, -0.15) is 0 Å². The van der Waals surface area contributed by atoms with Gasteiger partial charge in [0.2, 0.25) is 0 Å². The minimum absolute atomic E-state index is 0.0979. The van der Waals surface area contributed by atoms with Gasteiger partial charge in [-0.05, 0) is 37.1 Å². The molecule has 3 aromatic rings. The highest BCUT2D eigenvalue weighted by Crippen LogP contribution is 2.38. The highest BCUT2D eigenvalue weighted by molar-refractivity contribution is 6.33. The van der Waals surface area contributed by atoms with Crippen LogP contribution in [0, 0.1) is 0 Å². The summed E-state index contributed by atoms with van der Waals surface area (Å²) in [6.07, 6.45) is 2.52. The third kappa shape index (κ3) is 5.97. The molecule has 4 rings (SSSR count). The summed E-state index contributed by atoms with van der Waals surface area (Å²) in [5, 5.41) is 25.1. The summed E-state index contributed by atoms with van der Waals surface area (Å²) in [5.41, 5.74) is 6.57. The van der Waals surface area contributed by atoms with Crippen LogP contribution >= 0.6 is 11.6 Å². The van der Waals surface area contributed by atoms with Crippen molar-refractivity contribution in [3.8, 4) is 23.0 Å². The van der Waals surface area contributed by atoms with E-state index in [4.69, 9.17) is 36.7 Å². The molecule has 1 aliphatic carbocycles. The molecule has 0 spiro atoms. The third-order valence-electron chi connectivity index (χ3n) is 4.98. The number of aromatic nitrogens is 1. The van der Waals surface area contributed by atoms with Crippen LogP contribution in [0.15, 0.2) is 42.6 Å². The number of halogens is 1. The minimum atomic E-state index is -1.04. The van der Waals surface area contributed by atoms with E-state index in [1.54, 1.807) is 42.6 Å². The largest absolute Gasteiger partial charge is 0.487 e. The number of fused-ring (bicyclic) bond motifs is 1. The van der Waals surface area contributed by atoms with Crippen molar-refractivity contribution >= 4 is 34.2 Å². The lowest BCUT2D eigenvalue weighted by Crippen LogP contribution is -2.30. The molecule has 1 aliphatic rings. The van der Waals surface area contributed by atoms with Crippen LogP contribution in [0.1, 0.15) is 12.8 Å². The zero-order valence-electron chi connectivity index (χ0n) is 18.2. The molecule has 0 aliphatic heterocycles. The Kier molecular flexibility index (Phi) is 7.53. The minimum Gasteiger partial charge on any atom is -0.487 e. The van der Waals surface area contributed by atoms with E-state index in [0.717, 1.165) is 12.8 Å². The van der Waals surface area contributed by atoms with Crippen molar-refractivity contribution in [1.29, 1.82) is 0 Å². The maximum atomic E-state index is 12.0. The van der Waals surface area contributed by atoms with E-state index in [1.165, 1.54) is 0 Å². The second kappa shape index (κ2) is 10.7. The second-order valence-electron chi connectivity index (χ2n) is 7.70. The van der Waals surface area contributed by atoms with Crippen LogP contribution in [0.4, 0.5) is 10.5 Å². The summed E-state index contributed by atoms with van der Waals surface area (Å²) in [6.45, 7) is -0.658. The molecule has 34 heavy (non-hydrogen) atoms. The van der Waals surface area contributed by atoms with E-state index in [9.17, 15) is 9.90 Å². The van der Waals surface area contributed by atoms with Gasteiger partial charge < -0.3 is 35.1 Å². The Bertz CT molecular complexity index is 1170. The number of pyridine rings is 1. The molecule has 1 fully saturated rings. The highest BCUT2D eigenvalue weighted by atomic mass is 35.5. The van der Waals surface area contributed by atoms with Crippen molar-refractivity contribution in [2.45, 2.75) is 25.0 Å². The first-order valence-electron chi connectivity index (χ1n) is 10.7. The molecule has 0 unspecified atom stereocenters. The maximum absolute atomic E-state index is 12.0. The Morgan fingerprint density at radius 3 is 2.68 bits per heavy atom. The van der Waals surface area contributed by atoms with Crippen molar-refractivity contribution in [3.05, 3.63) is 47.6 Å². The normalized spacial score (nSPS) is 13.9. The number of urea groups is 1. The van der Waals surface area contributed by atoms with E-state index in [-0.39, 0.29) is 25.4 Å². The molecule has 1 saturated carbocycles. The first-order valence-corrected chi connectivity index (χ1v) is 11.1. The summed E-state index contributed by atoms with van der Waals surface area (Å²) in [5.74, 6) is 1.59. The molecule has 10 nitrogen and oxygen atoms in total. The number of rotatable bonds is 10. The van der Waals surface area contributed by atoms with Crippen LogP contribution in [-0.4, -0.2) is 53.3 Å². The van der Waals surface area contributed by atoms with Crippen LogP contribution in [0.5, 0.6) is 23.0 Å². The Hall–Kier alpha value is -3.31. The zero-order valence-corrected chi connectivity index (χ0v) is 18.9. The van der Waals surface area contributed by atoms with Crippen molar-refractivity contribution in [2.75, 3.05) is 25.3 Å². The molecule has 6 N–H and O–H groups in total. The van der Waals surface area contributed by atoms with Crippen LogP contribution in [0.25, 0.3) is 10.9 Å². The molecule has 1 aromatic heterocycles. The molecule has 0 bridgehead atoms. The topological polar surface area (TPSA) is 148 Å². The highest BCUT2D eigenvalue weighted by Gasteiger charge is 2.23. The lowest BCUT2D eigenvalue weighted by Gasteiger charge is -2.16. The molecule has 0 saturated heterocycles. The molecule has 1 atom stereocenters. The number of hydrogen-bond acceptors (Lipinski definition) is 8. The average Bonchev–Trinajstić information content (AvgIpc) is 3.63. The van der Waals surface area contributed by atoms with E-state index in [1.807, 2.05) is 0 Å². The first-order chi connectivity index (χ1) is 16.5. The van der Waals surface area contributed by atoms with Crippen molar-refractivity contribution in [2.24, 2.45) is 5.73 Å². The molecule has 0 radical (unpaired) electrons. The SMILES string of the molecule is NCOc1cc2c(Oc3ccc(NC(=O)NC4CC4)c(Cl)c3)ccnc2cc1OC[C@H](O)CO. The molecule has 180 valence electrons. The number of nitrogens with one attached hydrogen (secondary N) is 2. The smallest absolute Gasteiger partial charge is 0.319 e. The molecular weight excluding hydrogens is 464 g/mol. The molecule has 11 heteroatoms. The van der Waals surface area contributed by atoms with Crippen molar-refractivity contribution < 1.29 is 29.2 Å². The number of anilines is 1. The van der Waals surface area contributed by atoms with Crippen molar-refractivity contribution in [3.63, 3.8) is 0 Å². The number of nitrogens with zero attached hydrogens (tertiary/aromatic N) is 1. The summed E-state index contributed by atoms with van der Waals surface area (Å²) >= 11 is 6.35. The average molecular weight is 489 g/mol. The number of carbonyl (C=O) groups excluding carboxylic acids is 1. The Balaban J connectivity index is 1.55. The standard InChI is InChI=1S/C23H25ClN4O6/c24-17-7-15(3-4-18(17)28-23(31)27-13-1-2-13)34-20-5-6-26-19-9-22(32-11-14(30)10-29)21(33-12-25)8-16(19)20/h3-9,13-14,29-30H,1-2,10-12,25H2,(H2,27,28,31)/t14-/m1/s1. The summed E-state index contributed by atoms with van der Waals surface area (Å²) in [7, 11) is 0. The first kappa shape index (κ1) is 23.8. The number of carbonyl (C=O) groups is 1. The number of hydrogen-bond donors (Lipinski definition) is 5. The van der Waals surface area contributed by atoms with Gasteiger partial charge >= 0.3 is 6.03 Å². The van der Waals surface area contributed by atoms with E-state index >= 15 is 0 Å². The molecular formula is C23H25ClN4O6. The fraction of sp³-hybridized carbons (Fsp3) is 0.304. The zero-order chi connectivity index (χ0) is 24.1. The van der Waals surface area contributed by atoms with Crippen LogP contribution in [0.3, 0.4) is 0 Å². The predicted octanol–water partition coefficient (Wildman–Crippen LogP) is 2.99. The summed E-state index contributed by atoms with van der Waals surface area (Å²) in [6, 6.07) is 9.89. The Morgan fingerprint density at radius 2 is 1.97 bits per heavy atom. The van der Waals surface area contributed by atoms with Crippen LogP contribution < -0.4 is 30.6 Å².